The van der Waals surface area contributed by atoms with Crippen molar-refractivity contribution in [1.29, 1.82) is 0 Å². The van der Waals surface area contributed by atoms with Gasteiger partial charge in [-0.2, -0.15) is 0 Å². The fraction of sp³-hybridized carbons (Fsp3) is 0.0556. The molecule has 1 aromatic heterocycles. The van der Waals surface area contributed by atoms with Crippen LogP contribution in [0.3, 0.4) is 0 Å². The van der Waals surface area contributed by atoms with Gasteiger partial charge in [0.1, 0.15) is 6.33 Å². The monoisotopic (exact) mass is 355 g/mol. The van der Waals surface area contributed by atoms with Crippen molar-refractivity contribution in [3.8, 4) is 0 Å². The summed E-state index contributed by atoms with van der Waals surface area (Å²) < 4.78 is 3.13. The lowest BCUT2D eigenvalue weighted by molar-refractivity contribution is 0.103. The summed E-state index contributed by atoms with van der Waals surface area (Å²) in [5, 5.41) is 0.430. The highest BCUT2D eigenvalue weighted by molar-refractivity contribution is 8.00. The minimum Gasteiger partial charge on any atom is -0.323 e. The highest BCUT2D eigenvalue weighted by atomic mass is 35.5. The van der Waals surface area contributed by atoms with Crippen molar-refractivity contribution in [2.24, 2.45) is 0 Å². The highest BCUT2D eigenvalue weighted by Gasteiger charge is 2.15. The molecule has 3 aromatic rings. The van der Waals surface area contributed by atoms with E-state index in [9.17, 15) is 4.79 Å². The number of rotatable bonds is 5. The minimum absolute atomic E-state index is 0.0703. The molecule has 6 heteroatoms. The second-order valence-corrected chi connectivity index (χ2v) is 6.40. The number of halogens is 1. The Morgan fingerprint density at radius 1 is 1.08 bits per heavy atom. The van der Waals surface area contributed by atoms with Gasteiger partial charge in [0.25, 0.3) is 0 Å². The zero-order valence-electron chi connectivity index (χ0n) is 12.9. The third-order valence-electron chi connectivity index (χ3n) is 3.42. The van der Waals surface area contributed by atoms with Crippen LogP contribution in [0.15, 0.2) is 66.1 Å². The maximum Gasteiger partial charge on any atom is 0.194 e. The van der Waals surface area contributed by atoms with E-state index in [1.54, 1.807) is 24.5 Å². The van der Waals surface area contributed by atoms with Gasteiger partial charge in [0.05, 0.1) is 23.1 Å². The van der Waals surface area contributed by atoms with Crippen LogP contribution in [-0.2, 0) is 0 Å². The molecule has 2 aromatic carbocycles. The first-order valence-electron chi connectivity index (χ1n) is 7.23. The molecule has 1 N–H and O–H groups in total. The van der Waals surface area contributed by atoms with Crippen molar-refractivity contribution < 1.29 is 4.79 Å². The maximum absolute atomic E-state index is 12.7. The topological polar surface area (TPSA) is 54.9 Å². The van der Waals surface area contributed by atoms with Gasteiger partial charge in [-0.3, -0.25) is 4.79 Å². The zero-order valence-corrected chi connectivity index (χ0v) is 14.4. The van der Waals surface area contributed by atoms with Crippen LogP contribution in [0.5, 0.6) is 0 Å². The Labute approximate surface area is 149 Å². The van der Waals surface area contributed by atoms with Gasteiger partial charge in [0.2, 0.25) is 0 Å². The Bertz CT molecular complexity index is 871. The third kappa shape index (κ3) is 3.75. The first-order chi connectivity index (χ1) is 11.6. The Kier molecular flexibility index (Phi) is 5.13. The molecular formula is C18H14ClN3OS. The molecule has 0 aliphatic heterocycles. The summed E-state index contributed by atoms with van der Waals surface area (Å²) in [6.07, 6.45) is 4.83. The van der Waals surface area contributed by atoms with E-state index in [-0.39, 0.29) is 5.78 Å². The van der Waals surface area contributed by atoms with Crippen LogP contribution in [0.4, 0.5) is 5.69 Å². The van der Waals surface area contributed by atoms with Crippen molar-refractivity contribution in [2.75, 3.05) is 4.72 Å². The maximum atomic E-state index is 12.7. The molecule has 0 bridgehead atoms. The van der Waals surface area contributed by atoms with Crippen molar-refractivity contribution in [3.05, 3.63) is 82.9 Å². The average Bonchev–Trinajstić information content (AvgIpc) is 2.61. The van der Waals surface area contributed by atoms with Crippen LogP contribution >= 0.6 is 23.5 Å². The third-order valence-corrected chi connectivity index (χ3v) is 4.56. The van der Waals surface area contributed by atoms with Gasteiger partial charge in [0, 0.05) is 16.0 Å². The van der Waals surface area contributed by atoms with E-state index in [4.69, 9.17) is 11.6 Å². The van der Waals surface area contributed by atoms with Gasteiger partial charge >= 0.3 is 0 Å². The Hall–Kier alpha value is -2.37. The number of nitrogens with one attached hydrogen (secondary N) is 1. The number of benzene rings is 2. The molecule has 0 aliphatic rings. The van der Waals surface area contributed by atoms with Crippen LogP contribution in [0.2, 0.25) is 5.02 Å². The van der Waals surface area contributed by atoms with E-state index in [2.05, 4.69) is 14.7 Å². The summed E-state index contributed by atoms with van der Waals surface area (Å²) in [6, 6.07) is 12.9. The number of carbonyl (C=O) groups is 1. The van der Waals surface area contributed by atoms with E-state index in [1.165, 1.54) is 18.3 Å². The SMILES string of the molecule is Cc1ccccc1C(=O)c1ccc(SNc2cncnc2)cc1Cl. The van der Waals surface area contributed by atoms with Crippen LogP contribution in [0, 0.1) is 6.92 Å². The van der Waals surface area contributed by atoms with E-state index < -0.39 is 0 Å². The molecule has 0 atom stereocenters. The highest BCUT2D eigenvalue weighted by Crippen LogP contribution is 2.27. The Balaban J connectivity index is 1.77. The summed E-state index contributed by atoms with van der Waals surface area (Å²) in [7, 11) is 0. The van der Waals surface area contributed by atoms with Gasteiger partial charge in [-0.25, -0.2) is 9.97 Å². The fourth-order valence-corrected chi connectivity index (χ4v) is 3.17. The molecule has 0 saturated carbocycles. The predicted molar refractivity (Wildman–Crippen MR) is 97.6 cm³/mol. The lowest BCUT2D eigenvalue weighted by Crippen LogP contribution is -2.04. The van der Waals surface area contributed by atoms with Crippen LogP contribution in [0.25, 0.3) is 0 Å². The molecular weight excluding hydrogens is 342 g/mol. The molecule has 4 nitrogen and oxygen atoms in total. The van der Waals surface area contributed by atoms with Crippen molar-refractivity contribution in [3.63, 3.8) is 0 Å². The second kappa shape index (κ2) is 7.47. The molecule has 0 amide bonds. The molecule has 0 radical (unpaired) electrons. The van der Waals surface area contributed by atoms with Crippen LogP contribution in [-0.4, -0.2) is 15.8 Å². The summed E-state index contributed by atoms with van der Waals surface area (Å²) >= 11 is 7.70. The molecule has 120 valence electrons. The number of carbonyl (C=O) groups excluding carboxylic acids is 1. The van der Waals surface area contributed by atoms with Crippen LogP contribution < -0.4 is 4.72 Å². The first-order valence-corrected chi connectivity index (χ1v) is 8.42. The zero-order chi connectivity index (χ0) is 16.9. The van der Waals surface area contributed by atoms with Gasteiger partial charge in [-0.1, -0.05) is 35.9 Å². The van der Waals surface area contributed by atoms with Crippen LogP contribution in [0.1, 0.15) is 21.5 Å². The van der Waals surface area contributed by atoms with E-state index >= 15 is 0 Å². The van der Waals surface area contributed by atoms with Gasteiger partial charge in [-0.05, 0) is 42.6 Å². The summed E-state index contributed by atoms with van der Waals surface area (Å²) in [4.78, 5) is 21.4. The van der Waals surface area contributed by atoms with Gasteiger partial charge in [0.15, 0.2) is 5.78 Å². The Morgan fingerprint density at radius 2 is 1.83 bits per heavy atom. The molecule has 3 rings (SSSR count). The molecule has 0 spiro atoms. The van der Waals surface area contributed by atoms with Gasteiger partial charge < -0.3 is 4.72 Å². The largest absolute Gasteiger partial charge is 0.323 e. The van der Waals surface area contributed by atoms with Gasteiger partial charge in [-0.15, -0.1) is 0 Å². The van der Waals surface area contributed by atoms with Crippen molar-refractivity contribution in [1.82, 2.24) is 9.97 Å². The molecule has 0 aliphatic carbocycles. The number of aromatic nitrogens is 2. The molecule has 0 fully saturated rings. The van der Waals surface area contributed by atoms with Crippen molar-refractivity contribution >= 4 is 35.0 Å². The molecule has 1 heterocycles. The molecule has 0 unspecified atom stereocenters. The lowest BCUT2D eigenvalue weighted by Gasteiger charge is -2.09. The number of hydrogen-bond donors (Lipinski definition) is 1. The fourth-order valence-electron chi connectivity index (χ4n) is 2.19. The first kappa shape index (κ1) is 16.5. The standard InChI is InChI=1S/C18H14ClN3OS/c1-12-4-2-3-5-15(12)18(23)16-7-6-14(8-17(16)19)24-22-13-9-20-11-21-10-13/h2-11,22H,1H3. The predicted octanol–water partition coefficient (Wildman–Crippen LogP) is 4.79. The minimum atomic E-state index is -0.0703. The Morgan fingerprint density at radius 3 is 2.54 bits per heavy atom. The summed E-state index contributed by atoms with van der Waals surface area (Å²) in [5.41, 5.74) is 2.89. The molecule has 0 saturated heterocycles. The van der Waals surface area contributed by atoms with Crippen molar-refractivity contribution in [2.45, 2.75) is 11.8 Å². The summed E-state index contributed by atoms with van der Waals surface area (Å²) in [6.45, 7) is 1.91. The van der Waals surface area contributed by atoms with E-state index in [1.807, 2.05) is 37.3 Å². The van der Waals surface area contributed by atoms with E-state index in [0.717, 1.165) is 16.1 Å². The smallest absolute Gasteiger partial charge is 0.194 e. The second-order valence-electron chi connectivity index (χ2n) is 5.12. The summed E-state index contributed by atoms with van der Waals surface area (Å²) in [5.74, 6) is -0.0703. The average molecular weight is 356 g/mol. The number of anilines is 1. The number of aryl methyl sites for hydroxylation is 1. The molecule has 24 heavy (non-hydrogen) atoms. The lowest BCUT2D eigenvalue weighted by atomic mass is 9.99. The quantitative estimate of drug-likeness (QED) is 0.526. The normalized spacial score (nSPS) is 10.4. The number of ketones is 1. The van der Waals surface area contributed by atoms with E-state index in [0.29, 0.717) is 16.1 Å². The number of hydrogen-bond acceptors (Lipinski definition) is 5. The number of nitrogens with zero attached hydrogens (tertiary/aromatic N) is 2.